The van der Waals surface area contributed by atoms with E-state index in [0.29, 0.717) is 5.56 Å². The lowest BCUT2D eigenvalue weighted by atomic mass is 9.67. The molecule has 1 aromatic rings. The van der Waals surface area contributed by atoms with Crippen LogP contribution < -0.4 is 0 Å². The first kappa shape index (κ1) is 16.7. The minimum absolute atomic E-state index is 0.0397. The molecule has 112 valence electrons. The predicted octanol–water partition coefficient (Wildman–Crippen LogP) is 5.34. The van der Waals surface area contributed by atoms with Gasteiger partial charge in [-0.05, 0) is 34.8 Å². The van der Waals surface area contributed by atoms with Crippen LogP contribution in [0.15, 0.2) is 24.3 Å². The molecule has 0 aliphatic heterocycles. The smallest absolute Gasteiger partial charge is 0.335 e. The molecule has 20 heavy (non-hydrogen) atoms. The molecule has 0 fully saturated rings. The summed E-state index contributed by atoms with van der Waals surface area (Å²) < 4.78 is 0. The Labute approximate surface area is 123 Å². The highest BCUT2D eigenvalue weighted by molar-refractivity contribution is 5.89. The van der Waals surface area contributed by atoms with Gasteiger partial charge in [0.05, 0.1) is 5.56 Å². The Morgan fingerprint density at radius 3 is 2.15 bits per heavy atom. The Bertz CT molecular complexity index is 467. The van der Waals surface area contributed by atoms with Crippen molar-refractivity contribution in [3.8, 4) is 0 Å². The Morgan fingerprint density at radius 1 is 1.15 bits per heavy atom. The van der Waals surface area contributed by atoms with Gasteiger partial charge in [-0.1, -0.05) is 66.2 Å². The van der Waals surface area contributed by atoms with Gasteiger partial charge < -0.3 is 5.11 Å². The molecule has 0 aliphatic rings. The zero-order valence-corrected chi connectivity index (χ0v) is 13.7. The maximum atomic E-state index is 11.5. The average molecular weight is 276 g/mol. The van der Waals surface area contributed by atoms with Gasteiger partial charge in [0.1, 0.15) is 0 Å². The highest BCUT2D eigenvalue weighted by Gasteiger charge is 2.33. The van der Waals surface area contributed by atoms with Gasteiger partial charge in [0.15, 0.2) is 0 Å². The molecule has 0 spiro atoms. The predicted molar refractivity (Wildman–Crippen MR) is 84.3 cm³/mol. The van der Waals surface area contributed by atoms with Gasteiger partial charge in [-0.15, -0.1) is 0 Å². The summed E-state index contributed by atoms with van der Waals surface area (Å²) in [5, 5.41) is 9.44. The number of rotatable bonds is 5. The summed E-state index contributed by atoms with van der Waals surface area (Å²) in [6, 6.07) is 7.44. The summed E-state index contributed by atoms with van der Waals surface area (Å²) >= 11 is 0. The molecule has 0 bridgehead atoms. The molecular weight excluding hydrogens is 248 g/mol. The van der Waals surface area contributed by atoms with Crippen molar-refractivity contribution in [2.24, 2.45) is 10.8 Å². The van der Waals surface area contributed by atoms with Gasteiger partial charge in [-0.2, -0.15) is 0 Å². The highest BCUT2D eigenvalue weighted by atomic mass is 16.4. The number of carbonyl (C=O) groups is 1. The monoisotopic (exact) mass is 276 g/mol. The van der Waals surface area contributed by atoms with Gasteiger partial charge >= 0.3 is 5.97 Å². The van der Waals surface area contributed by atoms with Gasteiger partial charge in [0.25, 0.3) is 0 Å². The first-order valence-corrected chi connectivity index (χ1v) is 7.40. The van der Waals surface area contributed by atoms with E-state index in [-0.39, 0.29) is 16.7 Å². The van der Waals surface area contributed by atoms with Crippen molar-refractivity contribution in [1.82, 2.24) is 0 Å². The molecule has 1 N–H and O–H groups in total. The van der Waals surface area contributed by atoms with E-state index in [2.05, 4.69) is 41.5 Å². The van der Waals surface area contributed by atoms with Crippen molar-refractivity contribution < 1.29 is 9.90 Å². The van der Waals surface area contributed by atoms with E-state index in [0.717, 1.165) is 18.4 Å². The number of hydrogen-bond acceptors (Lipinski definition) is 1. The molecule has 0 heterocycles. The highest BCUT2D eigenvalue weighted by Crippen LogP contribution is 2.45. The maximum absolute atomic E-state index is 11.5. The largest absolute Gasteiger partial charge is 0.478 e. The zero-order valence-electron chi connectivity index (χ0n) is 13.7. The summed E-state index contributed by atoms with van der Waals surface area (Å²) in [5.41, 5.74) is 1.66. The second-order valence-electron chi connectivity index (χ2n) is 7.53. The van der Waals surface area contributed by atoms with Crippen molar-refractivity contribution in [2.45, 2.75) is 60.3 Å². The normalized spacial score (nSPS) is 14.1. The number of carboxylic acids is 1. The van der Waals surface area contributed by atoms with E-state index in [1.165, 1.54) is 0 Å². The van der Waals surface area contributed by atoms with Crippen LogP contribution in [0, 0.1) is 10.8 Å². The van der Waals surface area contributed by atoms with Crippen molar-refractivity contribution in [3.63, 3.8) is 0 Å². The summed E-state index contributed by atoms with van der Waals surface area (Å²) in [6.07, 6.45) is 2.09. The average Bonchev–Trinajstić information content (AvgIpc) is 2.35. The van der Waals surface area contributed by atoms with E-state index in [4.69, 9.17) is 0 Å². The molecule has 1 atom stereocenters. The molecule has 0 aliphatic carbocycles. The Morgan fingerprint density at radius 2 is 1.70 bits per heavy atom. The second kappa shape index (κ2) is 5.99. The molecule has 0 amide bonds. The summed E-state index contributed by atoms with van der Waals surface area (Å²) in [7, 11) is 0. The fraction of sp³-hybridized carbons (Fsp3) is 0.611. The van der Waals surface area contributed by atoms with Crippen LogP contribution in [0.3, 0.4) is 0 Å². The summed E-state index contributed by atoms with van der Waals surface area (Å²) in [5.74, 6) is -0.589. The van der Waals surface area contributed by atoms with Crippen LogP contribution in [0.5, 0.6) is 0 Å². The third-order valence-corrected chi connectivity index (χ3v) is 4.33. The number of benzene rings is 1. The van der Waals surface area contributed by atoms with Crippen molar-refractivity contribution >= 4 is 5.97 Å². The molecule has 2 heteroatoms. The van der Waals surface area contributed by atoms with Crippen molar-refractivity contribution in [2.75, 3.05) is 0 Å². The quantitative estimate of drug-likeness (QED) is 0.788. The molecule has 1 rings (SSSR count). The van der Waals surface area contributed by atoms with Gasteiger partial charge in [-0.25, -0.2) is 4.79 Å². The minimum Gasteiger partial charge on any atom is -0.478 e. The number of carboxylic acid groups (broad SMARTS) is 1. The third kappa shape index (κ3) is 4.09. The molecule has 1 unspecified atom stereocenters. The van der Waals surface area contributed by atoms with Gasteiger partial charge in [-0.3, -0.25) is 0 Å². The second-order valence-corrected chi connectivity index (χ2v) is 7.53. The Kier molecular flexibility index (Phi) is 5.01. The lowest BCUT2D eigenvalue weighted by molar-refractivity contribution is 0.0693. The minimum atomic E-state index is -0.829. The number of aromatic carboxylic acids is 1. The fourth-order valence-electron chi connectivity index (χ4n) is 2.58. The van der Waals surface area contributed by atoms with Crippen LogP contribution in [0.4, 0.5) is 0 Å². The van der Waals surface area contributed by atoms with Crippen LogP contribution in [0.25, 0.3) is 0 Å². The van der Waals surface area contributed by atoms with Crippen LogP contribution in [0.2, 0.25) is 0 Å². The summed E-state index contributed by atoms with van der Waals surface area (Å²) in [4.78, 5) is 11.5. The van der Waals surface area contributed by atoms with E-state index < -0.39 is 5.97 Å². The zero-order chi connectivity index (χ0) is 15.6. The van der Waals surface area contributed by atoms with Crippen molar-refractivity contribution in [1.29, 1.82) is 0 Å². The third-order valence-electron chi connectivity index (χ3n) is 4.33. The van der Waals surface area contributed by atoms with Crippen LogP contribution >= 0.6 is 0 Å². The standard InChI is InChI=1S/C18H28O2/c1-7-18(5,6)12-15(17(2,3)4)13-10-8-9-11-14(13)16(19)20/h8-11,15H,7,12H2,1-6H3,(H,19,20). The lowest BCUT2D eigenvalue weighted by Gasteiger charge is -2.38. The van der Waals surface area contributed by atoms with Crippen LogP contribution in [-0.4, -0.2) is 11.1 Å². The van der Waals surface area contributed by atoms with E-state index in [1.54, 1.807) is 12.1 Å². The van der Waals surface area contributed by atoms with Crippen LogP contribution in [-0.2, 0) is 0 Å². The molecule has 1 aromatic carbocycles. The van der Waals surface area contributed by atoms with E-state index >= 15 is 0 Å². The summed E-state index contributed by atoms with van der Waals surface area (Å²) in [6.45, 7) is 13.3. The SMILES string of the molecule is CCC(C)(C)CC(c1ccccc1C(=O)O)C(C)(C)C. The first-order valence-electron chi connectivity index (χ1n) is 7.40. The van der Waals surface area contributed by atoms with E-state index in [1.807, 2.05) is 12.1 Å². The molecule has 0 radical (unpaired) electrons. The van der Waals surface area contributed by atoms with Crippen molar-refractivity contribution in [3.05, 3.63) is 35.4 Å². The molecule has 0 saturated heterocycles. The lowest BCUT2D eigenvalue weighted by Crippen LogP contribution is -2.26. The molecule has 2 nitrogen and oxygen atoms in total. The van der Waals surface area contributed by atoms with Gasteiger partial charge in [0, 0.05) is 0 Å². The fourth-order valence-corrected chi connectivity index (χ4v) is 2.58. The molecule has 0 aromatic heterocycles. The first-order chi connectivity index (χ1) is 9.08. The molecular formula is C18H28O2. The Hall–Kier alpha value is -1.31. The van der Waals surface area contributed by atoms with E-state index in [9.17, 15) is 9.90 Å². The number of hydrogen-bond donors (Lipinski definition) is 1. The topological polar surface area (TPSA) is 37.3 Å². The van der Waals surface area contributed by atoms with Gasteiger partial charge in [0.2, 0.25) is 0 Å². The Balaban J connectivity index is 3.29. The van der Waals surface area contributed by atoms with Crippen LogP contribution in [0.1, 0.15) is 76.2 Å². The molecule has 0 saturated carbocycles. The maximum Gasteiger partial charge on any atom is 0.335 e.